The Hall–Kier alpha value is -1.31. The summed E-state index contributed by atoms with van der Waals surface area (Å²) >= 11 is 0. The third-order valence-corrected chi connectivity index (χ3v) is 3.52. The highest BCUT2D eigenvalue weighted by Crippen LogP contribution is 2.23. The molecular formula is C17H27NO. The van der Waals surface area contributed by atoms with Gasteiger partial charge < -0.3 is 5.32 Å². The van der Waals surface area contributed by atoms with Crippen molar-refractivity contribution in [3.63, 3.8) is 0 Å². The van der Waals surface area contributed by atoms with Gasteiger partial charge in [0.05, 0.1) is 0 Å². The summed E-state index contributed by atoms with van der Waals surface area (Å²) in [5.41, 5.74) is 3.52. The summed E-state index contributed by atoms with van der Waals surface area (Å²) in [7, 11) is 0. The number of amides is 1. The van der Waals surface area contributed by atoms with Gasteiger partial charge in [-0.2, -0.15) is 0 Å². The molecule has 2 nitrogen and oxygen atoms in total. The van der Waals surface area contributed by atoms with Crippen LogP contribution >= 0.6 is 0 Å². The van der Waals surface area contributed by atoms with Crippen LogP contribution in [0.25, 0.3) is 0 Å². The monoisotopic (exact) mass is 261 g/mol. The fourth-order valence-corrected chi connectivity index (χ4v) is 2.32. The second kappa shape index (κ2) is 8.73. The summed E-state index contributed by atoms with van der Waals surface area (Å²) in [6.07, 6.45) is 7.13. The van der Waals surface area contributed by atoms with Gasteiger partial charge in [0.25, 0.3) is 0 Å². The molecule has 0 saturated heterocycles. The number of carbonyl (C=O) groups excluding carboxylic acids is 1. The number of para-hydroxylation sites is 1. The Balaban J connectivity index is 2.62. The maximum atomic E-state index is 12.0. The van der Waals surface area contributed by atoms with E-state index in [2.05, 4.69) is 44.3 Å². The van der Waals surface area contributed by atoms with Crippen molar-refractivity contribution < 1.29 is 4.79 Å². The van der Waals surface area contributed by atoms with Crippen molar-refractivity contribution in [2.45, 2.75) is 65.7 Å². The summed E-state index contributed by atoms with van der Waals surface area (Å²) in [4.78, 5) is 12.0. The predicted molar refractivity (Wildman–Crippen MR) is 82.6 cm³/mol. The molecule has 1 N–H and O–H groups in total. The van der Waals surface area contributed by atoms with E-state index in [4.69, 9.17) is 0 Å². The second-order valence-electron chi connectivity index (χ2n) is 5.02. The molecule has 0 bridgehead atoms. The number of nitrogens with one attached hydrogen (secondary N) is 1. The number of anilines is 1. The minimum Gasteiger partial charge on any atom is -0.326 e. The van der Waals surface area contributed by atoms with Crippen LogP contribution in [0.4, 0.5) is 5.69 Å². The van der Waals surface area contributed by atoms with Crippen molar-refractivity contribution >= 4 is 11.6 Å². The van der Waals surface area contributed by atoms with Crippen LogP contribution in [0.5, 0.6) is 0 Å². The highest BCUT2D eigenvalue weighted by Gasteiger charge is 2.09. The Morgan fingerprint density at radius 3 is 2.16 bits per heavy atom. The lowest BCUT2D eigenvalue weighted by Gasteiger charge is -2.14. The molecule has 0 aliphatic rings. The van der Waals surface area contributed by atoms with Gasteiger partial charge in [-0.1, -0.05) is 58.2 Å². The first-order chi connectivity index (χ1) is 9.22. The Morgan fingerprint density at radius 2 is 1.63 bits per heavy atom. The number of hydrogen-bond donors (Lipinski definition) is 1. The SMILES string of the molecule is CCCCCCC(=O)Nc1c(CC)cccc1CC. The lowest BCUT2D eigenvalue weighted by molar-refractivity contribution is -0.116. The Morgan fingerprint density at radius 1 is 1.00 bits per heavy atom. The molecule has 106 valence electrons. The predicted octanol–water partition coefficient (Wildman–Crippen LogP) is 4.72. The topological polar surface area (TPSA) is 29.1 Å². The van der Waals surface area contributed by atoms with Gasteiger partial charge in [-0.15, -0.1) is 0 Å². The summed E-state index contributed by atoms with van der Waals surface area (Å²) in [5.74, 6) is 0.159. The largest absolute Gasteiger partial charge is 0.326 e. The molecule has 0 aliphatic heterocycles. The van der Waals surface area contributed by atoms with Crippen LogP contribution in [0, 0.1) is 0 Å². The molecule has 0 aromatic heterocycles. The summed E-state index contributed by atoms with van der Waals surface area (Å²) in [6, 6.07) is 6.28. The van der Waals surface area contributed by atoms with E-state index in [0.29, 0.717) is 6.42 Å². The number of aryl methyl sites for hydroxylation is 2. The zero-order chi connectivity index (χ0) is 14.1. The number of benzene rings is 1. The van der Waals surface area contributed by atoms with Crippen molar-refractivity contribution in [3.05, 3.63) is 29.3 Å². The van der Waals surface area contributed by atoms with Crippen LogP contribution in [0.15, 0.2) is 18.2 Å². The maximum Gasteiger partial charge on any atom is 0.224 e. The van der Waals surface area contributed by atoms with Crippen molar-refractivity contribution in [1.29, 1.82) is 0 Å². The van der Waals surface area contributed by atoms with E-state index >= 15 is 0 Å². The van der Waals surface area contributed by atoms with Crippen molar-refractivity contribution in [2.75, 3.05) is 5.32 Å². The van der Waals surface area contributed by atoms with Gasteiger partial charge in [-0.05, 0) is 30.4 Å². The molecule has 1 aromatic rings. The van der Waals surface area contributed by atoms with Crippen LogP contribution < -0.4 is 5.32 Å². The molecule has 19 heavy (non-hydrogen) atoms. The van der Waals surface area contributed by atoms with Gasteiger partial charge in [0.15, 0.2) is 0 Å². The van der Waals surface area contributed by atoms with Crippen molar-refractivity contribution in [3.8, 4) is 0 Å². The molecule has 0 spiro atoms. The number of carbonyl (C=O) groups is 1. The van der Waals surface area contributed by atoms with Gasteiger partial charge >= 0.3 is 0 Å². The van der Waals surface area contributed by atoms with E-state index in [9.17, 15) is 4.79 Å². The third kappa shape index (κ3) is 5.06. The average Bonchev–Trinajstić information content (AvgIpc) is 2.43. The molecule has 1 amide bonds. The summed E-state index contributed by atoms with van der Waals surface area (Å²) in [5, 5.41) is 3.12. The quantitative estimate of drug-likeness (QED) is 0.674. The molecule has 1 rings (SSSR count). The van der Waals surface area contributed by atoms with Gasteiger partial charge in [-0.3, -0.25) is 4.79 Å². The summed E-state index contributed by atoms with van der Waals surface area (Å²) < 4.78 is 0. The summed E-state index contributed by atoms with van der Waals surface area (Å²) in [6.45, 7) is 6.45. The lowest BCUT2D eigenvalue weighted by atomic mass is 10.0. The van der Waals surface area contributed by atoms with Crippen LogP contribution in [0.2, 0.25) is 0 Å². The Bertz CT molecular complexity index is 376. The van der Waals surface area contributed by atoms with E-state index in [-0.39, 0.29) is 5.91 Å². The molecule has 0 heterocycles. The Labute approximate surface area is 117 Å². The average molecular weight is 261 g/mol. The minimum absolute atomic E-state index is 0.159. The van der Waals surface area contributed by atoms with E-state index < -0.39 is 0 Å². The zero-order valence-electron chi connectivity index (χ0n) is 12.6. The van der Waals surface area contributed by atoms with Gasteiger partial charge in [0, 0.05) is 12.1 Å². The standard InChI is InChI=1S/C17H27NO/c1-4-7-8-9-13-16(19)18-17-14(5-2)11-10-12-15(17)6-3/h10-12H,4-9,13H2,1-3H3,(H,18,19). The van der Waals surface area contributed by atoms with Gasteiger partial charge in [0.2, 0.25) is 5.91 Å². The van der Waals surface area contributed by atoms with Gasteiger partial charge in [0.1, 0.15) is 0 Å². The minimum atomic E-state index is 0.159. The molecule has 0 fully saturated rings. The second-order valence-corrected chi connectivity index (χ2v) is 5.02. The first-order valence-electron chi connectivity index (χ1n) is 7.63. The molecule has 0 atom stereocenters. The molecular weight excluding hydrogens is 234 g/mol. The lowest BCUT2D eigenvalue weighted by Crippen LogP contribution is -2.14. The fraction of sp³-hybridized carbons (Fsp3) is 0.588. The van der Waals surface area contributed by atoms with Crippen LogP contribution in [-0.2, 0) is 17.6 Å². The van der Waals surface area contributed by atoms with Gasteiger partial charge in [-0.25, -0.2) is 0 Å². The number of hydrogen-bond acceptors (Lipinski definition) is 1. The molecule has 2 heteroatoms. The highest BCUT2D eigenvalue weighted by molar-refractivity contribution is 5.92. The van der Waals surface area contributed by atoms with E-state index in [1.54, 1.807) is 0 Å². The molecule has 0 radical (unpaired) electrons. The molecule has 0 unspecified atom stereocenters. The van der Waals surface area contributed by atoms with Crippen LogP contribution in [0.3, 0.4) is 0 Å². The van der Waals surface area contributed by atoms with E-state index in [0.717, 1.165) is 31.4 Å². The number of rotatable bonds is 8. The third-order valence-electron chi connectivity index (χ3n) is 3.52. The zero-order valence-corrected chi connectivity index (χ0v) is 12.6. The molecule has 1 aromatic carbocycles. The van der Waals surface area contributed by atoms with Crippen LogP contribution in [-0.4, -0.2) is 5.91 Å². The van der Waals surface area contributed by atoms with Crippen molar-refractivity contribution in [1.82, 2.24) is 0 Å². The normalized spacial score (nSPS) is 10.5. The highest BCUT2D eigenvalue weighted by atomic mass is 16.1. The smallest absolute Gasteiger partial charge is 0.224 e. The fourth-order valence-electron chi connectivity index (χ4n) is 2.32. The Kier molecular flexibility index (Phi) is 7.24. The van der Waals surface area contributed by atoms with Crippen molar-refractivity contribution in [2.24, 2.45) is 0 Å². The number of unbranched alkanes of at least 4 members (excludes halogenated alkanes) is 3. The molecule has 0 aliphatic carbocycles. The van der Waals surface area contributed by atoms with Crippen LogP contribution in [0.1, 0.15) is 64.0 Å². The maximum absolute atomic E-state index is 12.0. The first kappa shape index (κ1) is 15.7. The first-order valence-corrected chi connectivity index (χ1v) is 7.63. The van der Waals surface area contributed by atoms with E-state index in [1.165, 1.54) is 24.0 Å². The van der Waals surface area contributed by atoms with E-state index in [1.807, 2.05) is 0 Å². The molecule has 0 saturated carbocycles.